The molecule has 0 atom stereocenters. The molecule has 0 bridgehead atoms. The van der Waals surface area contributed by atoms with Gasteiger partial charge in [-0.25, -0.2) is 4.39 Å². The Balaban J connectivity index is 2.01. The smallest absolute Gasteiger partial charge is 0.252 e. The molecule has 0 aliphatic heterocycles. The van der Waals surface area contributed by atoms with Gasteiger partial charge in [0.1, 0.15) is 5.82 Å². The van der Waals surface area contributed by atoms with Crippen molar-refractivity contribution in [3.8, 4) is 0 Å². The second-order valence-corrected chi connectivity index (χ2v) is 4.97. The molecular formula is C15H18FN3O. The number of carbonyl (C=O) groups is 1. The van der Waals surface area contributed by atoms with E-state index in [1.54, 1.807) is 12.1 Å². The zero-order valence-electron chi connectivity index (χ0n) is 11.7. The molecule has 0 saturated heterocycles. The molecule has 1 amide bonds. The summed E-state index contributed by atoms with van der Waals surface area (Å²) in [7, 11) is 3.99. The van der Waals surface area contributed by atoms with E-state index in [0.29, 0.717) is 17.6 Å². The molecule has 0 unspecified atom stereocenters. The third kappa shape index (κ3) is 3.74. The van der Waals surface area contributed by atoms with Gasteiger partial charge in [0.25, 0.3) is 5.91 Å². The second-order valence-electron chi connectivity index (χ2n) is 4.97. The number of halogens is 1. The summed E-state index contributed by atoms with van der Waals surface area (Å²) in [5, 5.41) is 3.61. The molecule has 0 aliphatic rings. The van der Waals surface area contributed by atoms with E-state index in [2.05, 4.69) is 15.2 Å². The maximum Gasteiger partial charge on any atom is 0.252 e. The molecule has 0 fully saturated rings. The third-order valence-electron chi connectivity index (χ3n) is 2.98. The lowest BCUT2D eigenvalue weighted by molar-refractivity contribution is 0.0952. The molecule has 4 nitrogen and oxygen atoms in total. The zero-order valence-corrected chi connectivity index (χ0v) is 11.7. The summed E-state index contributed by atoms with van der Waals surface area (Å²) in [5.41, 5.74) is 1.04. The molecule has 1 aromatic carbocycles. The maximum atomic E-state index is 13.0. The van der Waals surface area contributed by atoms with Gasteiger partial charge in [-0.3, -0.25) is 9.78 Å². The minimum atomic E-state index is -0.328. The average molecular weight is 275 g/mol. The first-order valence-electron chi connectivity index (χ1n) is 6.54. The van der Waals surface area contributed by atoms with Gasteiger partial charge in [0.05, 0.1) is 11.1 Å². The van der Waals surface area contributed by atoms with Crippen LogP contribution in [-0.2, 0) is 0 Å². The number of amides is 1. The highest BCUT2D eigenvalue weighted by atomic mass is 19.1. The second kappa shape index (κ2) is 6.43. The lowest BCUT2D eigenvalue weighted by Crippen LogP contribution is -2.27. The van der Waals surface area contributed by atoms with Crippen molar-refractivity contribution < 1.29 is 9.18 Å². The molecule has 0 radical (unpaired) electrons. The molecule has 1 aromatic heterocycles. The molecule has 0 saturated carbocycles. The van der Waals surface area contributed by atoms with Gasteiger partial charge in [0.15, 0.2) is 0 Å². The van der Waals surface area contributed by atoms with E-state index in [4.69, 9.17) is 0 Å². The number of nitrogens with zero attached hydrogens (tertiary/aromatic N) is 2. The number of fused-ring (bicyclic) bond motifs is 1. The number of nitrogens with one attached hydrogen (secondary N) is 1. The number of aromatic nitrogens is 1. The predicted molar refractivity (Wildman–Crippen MR) is 77.2 cm³/mol. The van der Waals surface area contributed by atoms with E-state index in [1.165, 1.54) is 18.3 Å². The van der Waals surface area contributed by atoms with Crippen LogP contribution in [0.4, 0.5) is 4.39 Å². The van der Waals surface area contributed by atoms with Crippen LogP contribution in [0.3, 0.4) is 0 Å². The van der Waals surface area contributed by atoms with Crippen LogP contribution in [0.15, 0.2) is 30.5 Å². The van der Waals surface area contributed by atoms with Crippen LogP contribution in [-0.4, -0.2) is 43.0 Å². The normalized spacial score (nSPS) is 11.0. The Kier molecular flexibility index (Phi) is 4.63. The van der Waals surface area contributed by atoms with E-state index >= 15 is 0 Å². The number of benzene rings is 1. The molecule has 20 heavy (non-hydrogen) atoms. The summed E-state index contributed by atoms with van der Waals surface area (Å²) in [6.45, 7) is 1.55. The van der Waals surface area contributed by atoms with Crippen molar-refractivity contribution >= 4 is 16.8 Å². The molecule has 1 N–H and O–H groups in total. The monoisotopic (exact) mass is 275 g/mol. The summed E-state index contributed by atoms with van der Waals surface area (Å²) >= 11 is 0. The SMILES string of the molecule is CN(C)CCCNC(=O)c1cnc2cc(F)ccc2c1. The highest BCUT2D eigenvalue weighted by Crippen LogP contribution is 2.14. The molecule has 2 rings (SSSR count). The van der Waals surface area contributed by atoms with Crippen LogP contribution < -0.4 is 5.32 Å². The van der Waals surface area contributed by atoms with Crippen molar-refractivity contribution in [1.82, 2.24) is 15.2 Å². The van der Waals surface area contributed by atoms with Crippen molar-refractivity contribution in [3.63, 3.8) is 0 Å². The van der Waals surface area contributed by atoms with Crippen LogP contribution >= 0.6 is 0 Å². The summed E-state index contributed by atoms with van der Waals surface area (Å²) in [4.78, 5) is 18.1. The van der Waals surface area contributed by atoms with Crippen molar-refractivity contribution in [1.29, 1.82) is 0 Å². The van der Waals surface area contributed by atoms with Gasteiger partial charge in [0, 0.05) is 24.2 Å². The lowest BCUT2D eigenvalue weighted by Gasteiger charge is -2.10. The van der Waals surface area contributed by atoms with Crippen molar-refractivity contribution in [2.24, 2.45) is 0 Å². The molecule has 5 heteroatoms. The fourth-order valence-electron chi connectivity index (χ4n) is 1.92. The Bertz CT molecular complexity index is 613. The van der Waals surface area contributed by atoms with Crippen molar-refractivity contribution in [2.75, 3.05) is 27.2 Å². The van der Waals surface area contributed by atoms with Crippen LogP contribution in [0, 0.1) is 5.82 Å². The molecule has 106 valence electrons. The lowest BCUT2D eigenvalue weighted by atomic mass is 10.1. The van der Waals surface area contributed by atoms with Gasteiger partial charge in [0.2, 0.25) is 0 Å². The van der Waals surface area contributed by atoms with Gasteiger partial charge in [-0.05, 0) is 45.3 Å². The Morgan fingerprint density at radius 2 is 2.15 bits per heavy atom. The number of hydrogen-bond acceptors (Lipinski definition) is 3. The van der Waals surface area contributed by atoms with Crippen molar-refractivity contribution in [3.05, 3.63) is 41.8 Å². The first kappa shape index (κ1) is 14.4. The van der Waals surface area contributed by atoms with E-state index in [0.717, 1.165) is 18.4 Å². The number of carbonyl (C=O) groups excluding carboxylic acids is 1. The van der Waals surface area contributed by atoms with Gasteiger partial charge in [-0.2, -0.15) is 0 Å². The Morgan fingerprint density at radius 3 is 2.90 bits per heavy atom. The summed E-state index contributed by atoms with van der Waals surface area (Å²) < 4.78 is 13.0. The quantitative estimate of drug-likeness (QED) is 0.850. The van der Waals surface area contributed by atoms with E-state index in [9.17, 15) is 9.18 Å². The summed E-state index contributed by atoms with van der Waals surface area (Å²) in [6, 6.07) is 6.07. The molecular weight excluding hydrogens is 257 g/mol. The van der Waals surface area contributed by atoms with Gasteiger partial charge >= 0.3 is 0 Å². The fraction of sp³-hybridized carbons (Fsp3) is 0.333. The first-order chi connectivity index (χ1) is 9.56. The van der Waals surface area contributed by atoms with Crippen LogP contribution in [0.25, 0.3) is 10.9 Å². The highest BCUT2D eigenvalue weighted by Gasteiger charge is 2.07. The van der Waals surface area contributed by atoms with Gasteiger partial charge < -0.3 is 10.2 Å². The largest absolute Gasteiger partial charge is 0.352 e. The van der Waals surface area contributed by atoms with Gasteiger partial charge in [-0.15, -0.1) is 0 Å². The number of hydrogen-bond donors (Lipinski definition) is 1. The van der Waals surface area contributed by atoms with Crippen LogP contribution in [0.5, 0.6) is 0 Å². The predicted octanol–water partition coefficient (Wildman–Crippen LogP) is 2.06. The topological polar surface area (TPSA) is 45.2 Å². The zero-order chi connectivity index (χ0) is 14.5. The average Bonchev–Trinajstić information content (AvgIpc) is 2.42. The third-order valence-corrected chi connectivity index (χ3v) is 2.98. The van der Waals surface area contributed by atoms with E-state index in [1.807, 2.05) is 14.1 Å². The first-order valence-corrected chi connectivity index (χ1v) is 6.54. The van der Waals surface area contributed by atoms with Crippen LogP contribution in [0.2, 0.25) is 0 Å². The van der Waals surface area contributed by atoms with Crippen molar-refractivity contribution in [2.45, 2.75) is 6.42 Å². The minimum absolute atomic E-state index is 0.150. The van der Waals surface area contributed by atoms with Crippen LogP contribution in [0.1, 0.15) is 16.8 Å². The Hall–Kier alpha value is -2.01. The molecule has 0 aliphatic carbocycles. The minimum Gasteiger partial charge on any atom is -0.352 e. The molecule has 2 aromatic rings. The maximum absolute atomic E-state index is 13.0. The summed E-state index contributed by atoms with van der Waals surface area (Å²) in [5.74, 6) is -0.478. The highest BCUT2D eigenvalue weighted by molar-refractivity contribution is 5.97. The molecule has 0 spiro atoms. The molecule has 1 heterocycles. The fourth-order valence-corrected chi connectivity index (χ4v) is 1.92. The van der Waals surface area contributed by atoms with E-state index < -0.39 is 0 Å². The Labute approximate surface area is 117 Å². The number of rotatable bonds is 5. The Morgan fingerprint density at radius 1 is 1.35 bits per heavy atom. The van der Waals surface area contributed by atoms with Gasteiger partial charge in [-0.1, -0.05) is 0 Å². The van der Waals surface area contributed by atoms with E-state index in [-0.39, 0.29) is 11.7 Å². The summed E-state index contributed by atoms with van der Waals surface area (Å²) in [6.07, 6.45) is 2.37. The standard InChI is InChI=1S/C15H18FN3O/c1-19(2)7-3-6-17-15(20)12-8-11-4-5-13(16)9-14(11)18-10-12/h4-5,8-10H,3,6-7H2,1-2H3,(H,17,20). The number of pyridine rings is 1.